The van der Waals surface area contributed by atoms with Crippen LogP contribution in [-0.4, -0.2) is 24.0 Å². The van der Waals surface area contributed by atoms with E-state index in [4.69, 9.17) is 0 Å². The maximum absolute atomic E-state index is 14.4. The number of hydrogen-bond acceptors (Lipinski definition) is 4. The van der Waals surface area contributed by atoms with Gasteiger partial charge in [-0.2, -0.15) is 0 Å². The zero-order valence-electron chi connectivity index (χ0n) is 14.2. The first-order chi connectivity index (χ1) is 13.3. The minimum absolute atomic E-state index is 0.0846. The summed E-state index contributed by atoms with van der Waals surface area (Å²) in [6.07, 6.45) is 1.48. The summed E-state index contributed by atoms with van der Waals surface area (Å²) in [6.45, 7) is 0.801. The van der Waals surface area contributed by atoms with Gasteiger partial charge in [0, 0.05) is 19.2 Å². The first-order valence-corrected chi connectivity index (χ1v) is 9.16. The maximum atomic E-state index is 14.4. The predicted octanol–water partition coefficient (Wildman–Crippen LogP) is 4.84. The van der Waals surface area contributed by atoms with Crippen molar-refractivity contribution in [3.05, 3.63) is 52.8 Å². The first-order valence-electron chi connectivity index (χ1n) is 8.34. The van der Waals surface area contributed by atoms with Gasteiger partial charge in [0.05, 0.1) is 15.8 Å². The van der Waals surface area contributed by atoms with Crippen LogP contribution in [0.3, 0.4) is 0 Å². The third-order valence-electron chi connectivity index (χ3n) is 4.45. The van der Waals surface area contributed by atoms with Gasteiger partial charge in [0.25, 0.3) is 5.91 Å². The third kappa shape index (κ3) is 3.17. The van der Waals surface area contributed by atoms with Crippen LogP contribution in [0.2, 0.25) is 0 Å². The van der Waals surface area contributed by atoms with Crippen LogP contribution in [0.1, 0.15) is 23.2 Å². The van der Waals surface area contributed by atoms with Crippen LogP contribution in [0.25, 0.3) is 10.2 Å². The molecule has 0 unspecified atom stereocenters. The Kier molecular flexibility index (Phi) is 4.66. The van der Waals surface area contributed by atoms with E-state index in [-0.39, 0.29) is 15.3 Å². The summed E-state index contributed by atoms with van der Waals surface area (Å²) in [4.78, 5) is 17.6. The van der Waals surface area contributed by atoms with Crippen LogP contribution < -0.4 is 10.2 Å². The zero-order chi connectivity index (χ0) is 20.0. The smallest absolute Gasteiger partial charge is 0.260 e. The molecule has 10 heteroatoms. The number of carbonyl (C=O) groups is 1. The Balaban J connectivity index is 1.65. The van der Waals surface area contributed by atoms with Gasteiger partial charge in [-0.3, -0.25) is 10.1 Å². The summed E-state index contributed by atoms with van der Waals surface area (Å²) in [6, 6.07) is 2.39. The number of anilines is 2. The summed E-state index contributed by atoms with van der Waals surface area (Å²) >= 11 is 0.813. The average Bonchev–Trinajstić information content (AvgIpc) is 3.28. The van der Waals surface area contributed by atoms with Gasteiger partial charge in [-0.05, 0) is 25.0 Å². The Morgan fingerprint density at radius 3 is 2.36 bits per heavy atom. The Labute approximate surface area is 159 Å². The number of nitrogens with one attached hydrogen (secondary N) is 1. The molecule has 0 radical (unpaired) electrons. The molecule has 1 amide bonds. The van der Waals surface area contributed by atoms with Crippen LogP contribution >= 0.6 is 11.3 Å². The molecule has 1 aromatic heterocycles. The van der Waals surface area contributed by atoms with E-state index in [9.17, 15) is 26.7 Å². The van der Waals surface area contributed by atoms with Crippen molar-refractivity contribution in [1.82, 2.24) is 4.98 Å². The molecule has 28 heavy (non-hydrogen) atoms. The molecule has 1 N–H and O–H groups in total. The molecule has 0 aliphatic carbocycles. The maximum Gasteiger partial charge on any atom is 0.260 e. The molecule has 4 nitrogen and oxygen atoms in total. The number of fused-ring (bicyclic) bond motifs is 1. The number of halogens is 5. The average molecular weight is 413 g/mol. The van der Waals surface area contributed by atoms with Gasteiger partial charge in [-0.15, -0.1) is 0 Å². The fourth-order valence-corrected chi connectivity index (χ4v) is 3.99. The van der Waals surface area contributed by atoms with Crippen molar-refractivity contribution in [1.29, 1.82) is 0 Å². The van der Waals surface area contributed by atoms with Crippen LogP contribution in [-0.2, 0) is 0 Å². The van der Waals surface area contributed by atoms with E-state index < -0.39 is 46.2 Å². The molecule has 2 aromatic carbocycles. The van der Waals surface area contributed by atoms with Crippen molar-refractivity contribution >= 4 is 38.3 Å². The predicted molar refractivity (Wildman–Crippen MR) is 95.3 cm³/mol. The van der Waals surface area contributed by atoms with E-state index in [0.717, 1.165) is 36.3 Å². The van der Waals surface area contributed by atoms with Crippen molar-refractivity contribution in [3.8, 4) is 0 Å². The fraction of sp³-hybridized carbons (Fsp3) is 0.222. The van der Waals surface area contributed by atoms with Gasteiger partial charge >= 0.3 is 0 Å². The second-order valence-corrected chi connectivity index (χ2v) is 7.31. The normalized spacial score (nSPS) is 14.1. The van der Waals surface area contributed by atoms with Crippen molar-refractivity contribution in [2.45, 2.75) is 12.8 Å². The largest absolute Gasteiger partial charge is 0.367 e. The Morgan fingerprint density at radius 2 is 1.64 bits per heavy atom. The third-order valence-corrected chi connectivity index (χ3v) is 5.39. The number of rotatable bonds is 3. The van der Waals surface area contributed by atoms with Crippen molar-refractivity contribution in [3.63, 3.8) is 0 Å². The summed E-state index contributed by atoms with van der Waals surface area (Å²) < 4.78 is 70.0. The molecule has 0 saturated carbocycles. The quantitative estimate of drug-likeness (QED) is 0.494. The lowest BCUT2D eigenvalue weighted by Gasteiger charge is -2.20. The Morgan fingerprint density at radius 1 is 0.964 bits per heavy atom. The Bertz CT molecular complexity index is 1060. The standard InChI is InChI=1S/C18H12F5N3OS/c19-9-6-12-13(7-10(9)20)28-18(24-12)25-17(27)8-5-11(21)16(15(23)14(8)22)26-3-1-2-4-26/h5-7H,1-4H2,(H,24,25,27). The highest BCUT2D eigenvalue weighted by atomic mass is 32.1. The van der Waals surface area contributed by atoms with Gasteiger partial charge in [-0.1, -0.05) is 11.3 Å². The Hall–Kier alpha value is -2.75. The van der Waals surface area contributed by atoms with Crippen molar-refractivity contribution in [2.75, 3.05) is 23.3 Å². The minimum atomic E-state index is -1.47. The highest BCUT2D eigenvalue weighted by Crippen LogP contribution is 2.32. The highest BCUT2D eigenvalue weighted by molar-refractivity contribution is 7.22. The molecule has 3 aromatic rings. The minimum Gasteiger partial charge on any atom is -0.367 e. The summed E-state index contributed by atoms with van der Waals surface area (Å²) in [5, 5.41) is 2.12. The van der Waals surface area contributed by atoms with Crippen LogP contribution in [0, 0.1) is 29.1 Å². The molecule has 0 bridgehead atoms. The van der Waals surface area contributed by atoms with Gasteiger partial charge in [0.2, 0.25) is 0 Å². The molecule has 4 rings (SSSR count). The first kappa shape index (κ1) is 18.6. The van der Waals surface area contributed by atoms with Gasteiger partial charge in [0.15, 0.2) is 34.2 Å². The molecule has 1 aliphatic rings. The van der Waals surface area contributed by atoms with Crippen LogP contribution in [0.15, 0.2) is 18.2 Å². The molecule has 0 atom stereocenters. The number of amides is 1. The second kappa shape index (κ2) is 7.01. The van der Waals surface area contributed by atoms with Crippen LogP contribution in [0.5, 0.6) is 0 Å². The van der Waals surface area contributed by atoms with E-state index in [1.165, 1.54) is 4.90 Å². The van der Waals surface area contributed by atoms with E-state index in [2.05, 4.69) is 10.3 Å². The van der Waals surface area contributed by atoms with E-state index in [1.54, 1.807) is 0 Å². The number of thiazole rings is 1. The number of carbonyl (C=O) groups excluding carboxylic acids is 1. The molecule has 1 fully saturated rings. The summed E-state index contributed by atoms with van der Waals surface area (Å²) in [5.74, 6) is -7.26. The van der Waals surface area contributed by atoms with Gasteiger partial charge in [-0.25, -0.2) is 26.9 Å². The zero-order valence-corrected chi connectivity index (χ0v) is 15.0. The lowest BCUT2D eigenvalue weighted by atomic mass is 10.1. The van der Waals surface area contributed by atoms with Gasteiger partial charge in [0.1, 0.15) is 5.69 Å². The molecule has 1 aliphatic heterocycles. The van der Waals surface area contributed by atoms with E-state index >= 15 is 0 Å². The number of benzene rings is 2. The molecule has 0 spiro atoms. The number of aromatic nitrogens is 1. The van der Waals surface area contributed by atoms with Crippen LogP contribution in [0.4, 0.5) is 32.8 Å². The molecular weight excluding hydrogens is 401 g/mol. The van der Waals surface area contributed by atoms with Gasteiger partial charge < -0.3 is 4.90 Å². The molecule has 1 saturated heterocycles. The SMILES string of the molecule is O=C(Nc1nc2cc(F)c(F)cc2s1)c1cc(F)c(N2CCCC2)c(F)c1F. The lowest BCUT2D eigenvalue weighted by molar-refractivity contribution is 0.102. The summed E-state index contributed by atoms with van der Waals surface area (Å²) in [7, 11) is 0. The van der Waals surface area contributed by atoms with E-state index in [0.29, 0.717) is 19.2 Å². The van der Waals surface area contributed by atoms with Crippen molar-refractivity contribution in [2.24, 2.45) is 0 Å². The second-order valence-electron chi connectivity index (χ2n) is 6.28. The summed E-state index contributed by atoms with van der Waals surface area (Å²) in [5.41, 5.74) is -1.23. The lowest BCUT2D eigenvalue weighted by Crippen LogP contribution is -2.23. The fourth-order valence-electron chi connectivity index (χ4n) is 3.12. The topological polar surface area (TPSA) is 45.2 Å². The molecular formula is C18H12F5N3OS. The number of nitrogens with zero attached hydrogens (tertiary/aromatic N) is 2. The van der Waals surface area contributed by atoms with E-state index in [1.807, 2.05) is 0 Å². The highest BCUT2D eigenvalue weighted by Gasteiger charge is 2.28. The van der Waals surface area contributed by atoms with Crippen molar-refractivity contribution < 1.29 is 26.7 Å². The molecule has 146 valence electrons. The number of hydrogen-bond donors (Lipinski definition) is 1. The monoisotopic (exact) mass is 413 g/mol. The molecule has 2 heterocycles.